The number of ether oxygens (including phenoxy) is 1. The van der Waals surface area contributed by atoms with Crippen molar-refractivity contribution in [1.29, 1.82) is 0 Å². The van der Waals surface area contributed by atoms with Crippen molar-refractivity contribution in [3.63, 3.8) is 0 Å². The minimum Gasteiger partial charge on any atom is -0.484 e. The number of carbonyl (C=O) groups excluding carboxylic acids is 2. The van der Waals surface area contributed by atoms with E-state index in [0.29, 0.717) is 22.8 Å². The Morgan fingerprint density at radius 3 is 2.50 bits per heavy atom. The van der Waals surface area contributed by atoms with Crippen LogP contribution in [0.2, 0.25) is 5.02 Å². The van der Waals surface area contributed by atoms with Crippen LogP contribution in [0, 0.1) is 0 Å². The zero-order valence-electron chi connectivity index (χ0n) is 13.7. The third-order valence-electron chi connectivity index (χ3n) is 3.59. The van der Waals surface area contributed by atoms with E-state index in [9.17, 15) is 9.59 Å². The molecule has 0 saturated heterocycles. The Kier molecular flexibility index (Phi) is 6.38. The lowest BCUT2D eigenvalue weighted by Gasteiger charge is -2.15. The molecule has 0 bridgehead atoms. The summed E-state index contributed by atoms with van der Waals surface area (Å²) < 4.78 is 5.45. The van der Waals surface area contributed by atoms with Gasteiger partial charge >= 0.3 is 0 Å². The van der Waals surface area contributed by atoms with Crippen molar-refractivity contribution in [3.05, 3.63) is 64.7 Å². The van der Waals surface area contributed by atoms with Gasteiger partial charge in [-0.25, -0.2) is 0 Å². The molecule has 1 amide bonds. The van der Waals surface area contributed by atoms with Gasteiger partial charge in [0.2, 0.25) is 0 Å². The van der Waals surface area contributed by atoms with Crippen LogP contribution < -0.4 is 10.1 Å². The van der Waals surface area contributed by atoms with Gasteiger partial charge < -0.3 is 10.1 Å². The van der Waals surface area contributed by atoms with Crippen LogP contribution in [0.1, 0.15) is 42.2 Å². The second kappa shape index (κ2) is 8.50. The van der Waals surface area contributed by atoms with Crippen LogP contribution in [0.25, 0.3) is 0 Å². The molecule has 0 aliphatic carbocycles. The molecule has 0 saturated carbocycles. The summed E-state index contributed by atoms with van der Waals surface area (Å²) in [5, 5.41) is 3.49. The minimum atomic E-state index is -0.226. The van der Waals surface area contributed by atoms with Crippen LogP contribution in [-0.2, 0) is 4.79 Å². The van der Waals surface area contributed by atoms with Crippen LogP contribution in [0.5, 0.6) is 5.75 Å². The van der Waals surface area contributed by atoms with Crippen LogP contribution in [0.3, 0.4) is 0 Å². The topological polar surface area (TPSA) is 55.4 Å². The molecule has 4 nitrogen and oxygen atoms in total. The van der Waals surface area contributed by atoms with Gasteiger partial charge in [0.25, 0.3) is 5.91 Å². The summed E-state index contributed by atoms with van der Waals surface area (Å²) in [4.78, 5) is 23.5. The van der Waals surface area contributed by atoms with Crippen molar-refractivity contribution in [1.82, 2.24) is 5.32 Å². The number of hydrogen-bond donors (Lipinski definition) is 1. The van der Waals surface area contributed by atoms with E-state index in [1.807, 2.05) is 32.0 Å². The summed E-state index contributed by atoms with van der Waals surface area (Å²) in [6, 6.07) is 14.0. The molecule has 2 aromatic carbocycles. The maximum atomic E-state index is 12.0. The summed E-state index contributed by atoms with van der Waals surface area (Å²) in [6.45, 7) is 3.61. The zero-order valence-corrected chi connectivity index (χ0v) is 14.5. The van der Waals surface area contributed by atoms with E-state index < -0.39 is 0 Å². The fraction of sp³-hybridized carbons (Fsp3) is 0.263. The highest BCUT2D eigenvalue weighted by Crippen LogP contribution is 2.17. The summed E-state index contributed by atoms with van der Waals surface area (Å²) >= 11 is 5.95. The van der Waals surface area contributed by atoms with Crippen molar-refractivity contribution in [2.45, 2.75) is 26.3 Å². The maximum Gasteiger partial charge on any atom is 0.258 e. The molecule has 126 valence electrons. The molecule has 24 heavy (non-hydrogen) atoms. The Morgan fingerprint density at radius 2 is 1.88 bits per heavy atom. The Balaban J connectivity index is 1.85. The summed E-state index contributed by atoms with van der Waals surface area (Å²) in [5.41, 5.74) is 1.57. The van der Waals surface area contributed by atoms with E-state index in [1.54, 1.807) is 30.3 Å². The van der Waals surface area contributed by atoms with Crippen molar-refractivity contribution in [3.8, 4) is 5.75 Å². The third-order valence-corrected chi connectivity index (χ3v) is 3.83. The van der Waals surface area contributed by atoms with Gasteiger partial charge in [-0.1, -0.05) is 30.7 Å². The highest BCUT2D eigenvalue weighted by molar-refractivity contribution is 6.30. The fourth-order valence-electron chi connectivity index (χ4n) is 2.23. The number of rotatable bonds is 7. The average Bonchev–Trinajstić information content (AvgIpc) is 2.59. The largest absolute Gasteiger partial charge is 0.484 e. The van der Waals surface area contributed by atoms with Crippen LogP contribution in [0.4, 0.5) is 0 Å². The lowest BCUT2D eigenvalue weighted by molar-refractivity contribution is -0.123. The fourth-order valence-corrected chi connectivity index (χ4v) is 2.43. The normalized spacial score (nSPS) is 11.6. The van der Waals surface area contributed by atoms with E-state index in [2.05, 4.69) is 5.32 Å². The molecule has 0 radical (unpaired) electrons. The first-order valence-corrected chi connectivity index (χ1v) is 8.18. The van der Waals surface area contributed by atoms with E-state index >= 15 is 0 Å². The molecule has 0 aliphatic heterocycles. The predicted octanol–water partition coefficient (Wildman–Crippen LogP) is 4.19. The van der Waals surface area contributed by atoms with Crippen LogP contribution in [0.15, 0.2) is 48.5 Å². The number of amides is 1. The number of ketones is 1. The Morgan fingerprint density at radius 1 is 1.17 bits per heavy atom. The minimum absolute atomic E-state index is 0.0784. The number of Topliss-reactive ketones (excluding diaryl/α,β-unsaturated/α-hetero) is 1. The molecule has 0 fully saturated rings. The second-order valence-electron chi connectivity index (χ2n) is 5.43. The summed E-state index contributed by atoms with van der Waals surface area (Å²) in [5.74, 6) is 0.402. The molecular formula is C19H20ClNO3. The predicted molar refractivity (Wildman–Crippen MR) is 94.6 cm³/mol. The second-order valence-corrected chi connectivity index (χ2v) is 5.87. The Hall–Kier alpha value is -2.33. The van der Waals surface area contributed by atoms with E-state index in [-0.39, 0.29) is 24.3 Å². The van der Waals surface area contributed by atoms with Crippen LogP contribution in [-0.4, -0.2) is 18.3 Å². The lowest BCUT2D eigenvalue weighted by Crippen LogP contribution is -2.31. The van der Waals surface area contributed by atoms with Crippen molar-refractivity contribution < 1.29 is 14.3 Å². The number of benzene rings is 2. The number of hydrogen-bond acceptors (Lipinski definition) is 3. The molecule has 5 heteroatoms. The SMILES string of the molecule is CCC(=O)c1ccc(OCC(=O)N[C@@H](C)c2cccc(Cl)c2)cc1. The average molecular weight is 346 g/mol. The number of halogens is 1. The van der Waals surface area contributed by atoms with Crippen molar-refractivity contribution in [2.75, 3.05) is 6.61 Å². The first kappa shape index (κ1) is 18.0. The highest BCUT2D eigenvalue weighted by atomic mass is 35.5. The molecule has 1 N–H and O–H groups in total. The quantitative estimate of drug-likeness (QED) is 0.765. The van der Waals surface area contributed by atoms with Crippen molar-refractivity contribution in [2.24, 2.45) is 0 Å². The van der Waals surface area contributed by atoms with Gasteiger partial charge in [0.15, 0.2) is 12.4 Å². The molecule has 0 aromatic heterocycles. The smallest absolute Gasteiger partial charge is 0.258 e. The van der Waals surface area contributed by atoms with Gasteiger partial charge in [-0.05, 0) is 48.9 Å². The Bertz CT molecular complexity index is 713. The molecule has 0 unspecified atom stereocenters. The van der Waals surface area contributed by atoms with Gasteiger partial charge in [0.1, 0.15) is 5.75 Å². The maximum absolute atomic E-state index is 12.0. The molecule has 2 aromatic rings. The first-order valence-electron chi connectivity index (χ1n) is 7.80. The molecule has 2 rings (SSSR count). The van der Waals surface area contributed by atoms with Gasteiger partial charge in [0, 0.05) is 17.0 Å². The van der Waals surface area contributed by atoms with E-state index in [4.69, 9.17) is 16.3 Å². The molecular weight excluding hydrogens is 326 g/mol. The molecule has 1 atom stereocenters. The van der Waals surface area contributed by atoms with Gasteiger partial charge in [0.05, 0.1) is 6.04 Å². The summed E-state index contributed by atoms with van der Waals surface area (Å²) in [7, 11) is 0. The highest BCUT2D eigenvalue weighted by Gasteiger charge is 2.11. The molecule has 0 heterocycles. The van der Waals surface area contributed by atoms with Gasteiger partial charge in [-0.15, -0.1) is 0 Å². The molecule has 0 spiro atoms. The Labute approximate surface area is 146 Å². The van der Waals surface area contributed by atoms with Gasteiger partial charge in [-0.3, -0.25) is 9.59 Å². The molecule has 0 aliphatic rings. The van der Waals surface area contributed by atoms with E-state index in [0.717, 1.165) is 5.56 Å². The number of nitrogens with one attached hydrogen (secondary N) is 1. The van der Waals surface area contributed by atoms with Gasteiger partial charge in [-0.2, -0.15) is 0 Å². The monoisotopic (exact) mass is 345 g/mol. The summed E-state index contributed by atoms with van der Waals surface area (Å²) in [6.07, 6.45) is 0.462. The standard InChI is InChI=1S/C19H20ClNO3/c1-3-18(22)14-7-9-17(10-8-14)24-12-19(23)21-13(2)15-5-4-6-16(20)11-15/h4-11,13H,3,12H2,1-2H3,(H,21,23)/t13-/m0/s1. The first-order chi connectivity index (χ1) is 11.5. The zero-order chi connectivity index (χ0) is 17.5. The van der Waals surface area contributed by atoms with Crippen LogP contribution >= 0.6 is 11.6 Å². The lowest BCUT2D eigenvalue weighted by atomic mass is 10.1. The third kappa shape index (κ3) is 5.10. The number of carbonyl (C=O) groups is 2. The van der Waals surface area contributed by atoms with E-state index in [1.165, 1.54) is 0 Å². The van der Waals surface area contributed by atoms with Crippen molar-refractivity contribution >= 4 is 23.3 Å².